The van der Waals surface area contributed by atoms with Crippen LogP contribution in [0.3, 0.4) is 0 Å². The van der Waals surface area contributed by atoms with Crippen LogP contribution in [0.4, 0.5) is 5.69 Å². The fourth-order valence-electron chi connectivity index (χ4n) is 2.15. The second-order valence-electron chi connectivity index (χ2n) is 5.35. The van der Waals surface area contributed by atoms with E-state index < -0.39 is 22.0 Å². The second kappa shape index (κ2) is 7.41. The van der Waals surface area contributed by atoms with Gasteiger partial charge in [0.2, 0.25) is 0 Å². The molecule has 2 rings (SSSR count). The van der Waals surface area contributed by atoms with Gasteiger partial charge in [0.1, 0.15) is 6.04 Å². The van der Waals surface area contributed by atoms with Crippen LogP contribution >= 0.6 is 34.8 Å². The van der Waals surface area contributed by atoms with Gasteiger partial charge in [-0.2, -0.15) is 0 Å². The lowest BCUT2D eigenvalue weighted by atomic mass is 10.2. The normalized spacial score (nSPS) is 12.7. The Kier molecular flexibility index (Phi) is 5.89. The van der Waals surface area contributed by atoms with Crippen LogP contribution < -0.4 is 4.31 Å². The first-order valence-electron chi connectivity index (χ1n) is 7.04. The Balaban J connectivity index is 2.71. The van der Waals surface area contributed by atoms with E-state index in [-0.39, 0.29) is 25.7 Å². The van der Waals surface area contributed by atoms with Gasteiger partial charge >= 0.3 is 5.97 Å². The SMILES string of the molecule is Cc1ccc(S(=O)(=O)N(c2cc(Cl)c(Cl)cc2Cl)C(C)C(=O)O)cc1. The van der Waals surface area contributed by atoms with Crippen molar-refractivity contribution in [1.29, 1.82) is 0 Å². The number of carbonyl (C=O) groups is 1. The van der Waals surface area contributed by atoms with Gasteiger partial charge < -0.3 is 5.11 Å². The molecule has 1 atom stereocenters. The highest BCUT2D eigenvalue weighted by Crippen LogP contribution is 2.38. The molecule has 2 aromatic rings. The molecule has 0 radical (unpaired) electrons. The Hall–Kier alpha value is -1.47. The van der Waals surface area contributed by atoms with Gasteiger partial charge in [-0.15, -0.1) is 0 Å². The summed E-state index contributed by atoms with van der Waals surface area (Å²) in [5.74, 6) is -1.34. The summed E-state index contributed by atoms with van der Waals surface area (Å²) in [6, 6.07) is 7.13. The maximum absolute atomic E-state index is 13.1. The van der Waals surface area contributed by atoms with Gasteiger partial charge in [0.05, 0.1) is 25.7 Å². The topological polar surface area (TPSA) is 74.7 Å². The van der Waals surface area contributed by atoms with E-state index in [9.17, 15) is 18.3 Å². The Morgan fingerprint density at radius 1 is 1.04 bits per heavy atom. The van der Waals surface area contributed by atoms with Crippen LogP contribution in [-0.4, -0.2) is 25.5 Å². The minimum Gasteiger partial charge on any atom is -0.480 e. The van der Waals surface area contributed by atoms with Crippen LogP contribution in [0.5, 0.6) is 0 Å². The molecule has 1 N–H and O–H groups in total. The van der Waals surface area contributed by atoms with E-state index in [1.54, 1.807) is 12.1 Å². The number of aliphatic carboxylic acids is 1. The second-order valence-corrected chi connectivity index (χ2v) is 8.38. The summed E-state index contributed by atoms with van der Waals surface area (Å²) >= 11 is 18.0. The van der Waals surface area contributed by atoms with Gasteiger partial charge in [-0.25, -0.2) is 13.2 Å². The Morgan fingerprint density at radius 3 is 2.08 bits per heavy atom. The first-order valence-corrected chi connectivity index (χ1v) is 9.61. The molecule has 134 valence electrons. The molecule has 1 unspecified atom stereocenters. The standard InChI is InChI=1S/C16H14Cl3NO4S/c1-9-3-5-11(6-4-9)25(23,24)20(10(2)16(21)22)15-8-13(18)12(17)7-14(15)19/h3-8,10H,1-2H3,(H,21,22). The predicted octanol–water partition coefficient (Wildman–Crippen LogP) is 4.62. The third-order valence-electron chi connectivity index (χ3n) is 3.51. The van der Waals surface area contributed by atoms with Crippen molar-refractivity contribution in [2.45, 2.75) is 24.8 Å². The molecule has 25 heavy (non-hydrogen) atoms. The number of carboxylic acids is 1. The molecule has 0 saturated carbocycles. The van der Waals surface area contributed by atoms with Crippen molar-refractivity contribution in [3.05, 3.63) is 57.0 Å². The minimum atomic E-state index is -4.20. The van der Waals surface area contributed by atoms with Gasteiger partial charge in [-0.3, -0.25) is 4.31 Å². The van der Waals surface area contributed by atoms with Crippen LogP contribution in [0.1, 0.15) is 12.5 Å². The van der Waals surface area contributed by atoms with Crippen LogP contribution in [-0.2, 0) is 14.8 Å². The number of sulfonamides is 1. The number of carboxylic acid groups (broad SMARTS) is 1. The van der Waals surface area contributed by atoms with Crippen molar-refractivity contribution >= 4 is 56.5 Å². The fraction of sp³-hybridized carbons (Fsp3) is 0.188. The highest BCUT2D eigenvalue weighted by molar-refractivity contribution is 7.93. The lowest BCUT2D eigenvalue weighted by Gasteiger charge is -2.29. The molecule has 9 heteroatoms. The summed E-state index contributed by atoms with van der Waals surface area (Å²) in [5.41, 5.74) is 0.802. The number of anilines is 1. The van der Waals surface area contributed by atoms with E-state index in [1.165, 1.54) is 31.2 Å². The average Bonchev–Trinajstić information content (AvgIpc) is 2.52. The van der Waals surface area contributed by atoms with E-state index in [0.29, 0.717) is 0 Å². The number of rotatable bonds is 5. The first-order chi connectivity index (χ1) is 11.6. The summed E-state index contributed by atoms with van der Waals surface area (Å²) in [7, 11) is -4.20. The molecule has 0 aromatic heterocycles. The highest BCUT2D eigenvalue weighted by Gasteiger charge is 2.35. The molecule has 0 bridgehead atoms. The van der Waals surface area contributed by atoms with Crippen molar-refractivity contribution < 1.29 is 18.3 Å². The summed E-state index contributed by atoms with van der Waals surface area (Å²) in [6.45, 7) is 3.05. The lowest BCUT2D eigenvalue weighted by Crippen LogP contribution is -2.43. The molecular weight excluding hydrogens is 409 g/mol. The maximum Gasteiger partial charge on any atom is 0.327 e. The van der Waals surface area contributed by atoms with Crippen molar-refractivity contribution in [3.63, 3.8) is 0 Å². The largest absolute Gasteiger partial charge is 0.480 e. The van der Waals surface area contributed by atoms with E-state index in [4.69, 9.17) is 34.8 Å². The zero-order chi connectivity index (χ0) is 18.9. The Morgan fingerprint density at radius 2 is 1.56 bits per heavy atom. The molecule has 5 nitrogen and oxygen atoms in total. The zero-order valence-electron chi connectivity index (χ0n) is 13.2. The maximum atomic E-state index is 13.1. The highest BCUT2D eigenvalue weighted by atomic mass is 35.5. The molecule has 0 spiro atoms. The van der Waals surface area contributed by atoms with E-state index in [1.807, 2.05) is 6.92 Å². The van der Waals surface area contributed by atoms with Crippen LogP contribution in [0.25, 0.3) is 0 Å². The van der Waals surface area contributed by atoms with E-state index >= 15 is 0 Å². The van der Waals surface area contributed by atoms with Crippen molar-refractivity contribution in [3.8, 4) is 0 Å². The van der Waals surface area contributed by atoms with Gasteiger partial charge in [0.25, 0.3) is 10.0 Å². The monoisotopic (exact) mass is 421 g/mol. The molecule has 0 heterocycles. The lowest BCUT2D eigenvalue weighted by molar-refractivity contribution is -0.137. The van der Waals surface area contributed by atoms with Gasteiger partial charge in [-0.05, 0) is 38.1 Å². The summed E-state index contributed by atoms with van der Waals surface area (Å²) in [6.07, 6.45) is 0. The number of benzene rings is 2. The molecule has 0 aliphatic rings. The average molecular weight is 423 g/mol. The van der Waals surface area contributed by atoms with Gasteiger partial charge in [0.15, 0.2) is 0 Å². The fourth-order valence-corrected chi connectivity index (χ4v) is 4.46. The van der Waals surface area contributed by atoms with Gasteiger partial charge in [0, 0.05) is 0 Å². The minimum absolute atomic E-state index is 0.0295. The summed E-state index contributed by atoms with van der Waals surface area (Å²) in [4.78, 5) is 11.4. The third kappa shape index (κ3) is 4.03. The van der Waals surface area contributed by atoms with Crippen molar-refractivity contribution in [2.24, 2.45) is 0 Å². The molecule has 0 aliphatic carbocycles. The van der Waals surface area contributed by atoms with Crippen molar-refractivity contribution in [1.82, 2.24) is 0 Å². The molecule has 0 aliphatic heterocycles. The number of hydrogen-bond acceptors (Lipinski definition) is 3. The van der Waals surface area contributed by atoms with Crippen LogP contribution in [0.2, 0.25) is 15.1 Å². The molecule has 0 amide bonds. The quantitative estimate of drug-likeness (QED) is 0.713. The van der Waals surface area contributed by atoms with Crippen LogP contribution in [0.15, 0.2) is 41.3 Å². The number of halogens is 3. The van der Waals surface area contributed by atoms with Crippen molar-refractivity contribution in [2.75, 3.05) is 4.31 Å². The summed E-state index contributed by atoms with van der Waals surface area (Å²) < 4.78 is 26.9. The molecule has 0 saturated heterocycles. The zero-order valence-corrected chi connectivity index (χ0v) is 16.3. The Labute approximate surface area is 160 Å². The van der Waals surface area contributed by atoms with Gasteiger partial charge in [-0.1, -0.05) is 52.5 Å². The third-order valence-corrected chi connectivity index (χ3v) is 6.44. The number of hydrogen-bond donors (Lipinski definition) is 1. The number of aryl methyl sites for hydroxylation is 1. The van der Waals surface area contributed by atoms with E-state index in [0.717, 1.165) is 9.87 Å². The number of nitrogens with zero attached hydrogens (tertiary/aromatic N) is 1. The first kappa shape index (κ1) is 19.8. The van der Waals surface area contributed by atoms with E-state index in [2.05, 4.69) is 0 Å². The molecular formula is C16H14Cl3NO4S. The summed E-state index contributed by atoms with van der Waals surface area (Å²) in [5, 5.41) is 9.53. The van der Waals surface area contributed by atoms with Crippen LogP contribution in [0, 0.1) is 6.92 Å². The molecule has 2 aromatic carbocycles. The predicted molar refractivity (Wildman–Crippen MR) is 99.4 cm³/mol. The Bertz CT molecular complexity index is 914. The smallest absolute Gasteiger partial charge is 0.327 e. The molecule has 0 fully saturated rings.